The lowest BCUT2D eigenvalue weighted by Crippen LogP contribution is -2.36. The van der Waals surface area contributed by atoms with Crippen molar-refractivity contribution in [2.75, 3.05) is 11.9 Å². The maximum Gasteiger partial charge on any atom is 0.226 e. The Morgan fingerprint density at radius 3 is 2.77 bits per heavy atom. The highest BCUT2D eigenvalue weighted by Gasteiger charge is 2.33. The maximum absolute atomic E-state index is 12.4. The molecular weight excluding hydrogens is 302 g/mol. The summed E-state index contributed by atoms with van der Waals surface area (Å²) in [4.78, 5) is 16.6. The molecule has 3 rings (SSSR count). The second-order valence-electron chi connectivity index (χ2n) is 5.92. The lowest BCUT2D eigenvalue weighted by atomic mass is 9.71. The van der Waals surface area contributed by atoms with Gasteiger partial charge in [0.15, 0.2) is 5.65 Å². The van der Waals surface area contributed by atoms with E-state index in [2.05, 4.69) is 15.4 Å². The highest BCUT2D eigenvalue weighted by atomic mass is 35.5. The van der Waals surface area contributed by atoms with Crippen LogP contribution < -0.4 is 11.1 Å². The maximum atomic E-state index is 12.4. The van der Waals surface area contributed by atoms with Crippen molar-refractivity contribution in [3.63, 3.8) is 0 Å². The topological polar surface area (TPSA) is 85.3 Å². The Morgan fingerprint density at radius 1 is 1.27 bits per heavy atom. The van der Waals surface area contributed by atoms with Crippen molar-refractivity contribution in [2.45, 2.75) is 38.5 Å². The molecule has 0 saturated heterocycles. The van der Waals surface area contributed by atoms with E-state index in [1.165, 1.54) is 19.3 Å². The lowest BCUT2D eigenvalue weighted by molar-refractivity contribution is -0.118. The third-order valence-electron chi connectivity index (χ3n) is 4.44. The van der Waals surface area contributed by atoms with Crippen LogP contribution in [0.3, 0.4) is 0 Å². The van der Waals surface area contributed by atoms with Crippen LogP contribution in [0.15, 0.2) is 24.5 Å². The van der Waals surface area contributed by atoms with Gasteiger partial charge in [-0.25, -0.2) is 4.98 Å². The quantitative estimate of drug-likeness (QED) is 0.904. The van der Waals surface area contributed by atoms with Crippen LogP contribution in [0.4, 0.5) is 5.82 Å². The second kappa shape index (κ2) is 7.07. The first-order valence-corrected chi connectivity index (χ1v) is 7.51. The summed E-state index contributed by atoms with van der Waals surface area (Å²) in [7, 11) is 0. The van der Waals surface area contributed by atoms with E-state index in [1.54, 1.807) is 29.0 Å². The molecule has 2 aromatic heterocycles. The summed E-state index contributed by atoms with van der Waals surface area (Å²) >= 11 is 0. The minimum Gasteiger partial charge on any atom is -0.330 e. The summed E-state index contributed by atoms with van der Waals surface area (Å²) in [5, 5.41) is 7.11. The van der Waals surface area contributed by atoms with Crippen molar-refractivity contribution < 1.29 is 4.79 Å². The Bertz CT molecular complexity index is 636. The normalized spacial score (nSPS) is 17.0. The van der Waals surface area contributed by atoms with Gasteiger partial charge < -0.3 is 11.1 Å². The molecule has 120 valence electrons. The zero-order valence-electron chi connectivity index (χ0n) is 12.5. The molecule has 2 aromatic rings. The zero-order chi connectivity index (χ0) is 14.7. The first-order valence-electron chi connectivity index (χ1n) is 7.51. The SMILES string of the molecule is Cl.NCC1(CC(=O)Nc2ccnc3ccnn23)CCCCC1. The van der Waals surface area contributed by atoms with Crippen LogP contribution in [0, 0.1) is 5.41 Å². The van der Waals surface area contributed by atoms with E-state index < -0.39 is 0 Å². The van der Waals surface area contributed by atoms with Gasteiger partial charge in [-0.3, -0.25) is 4.79 Å². The van der Waals surface area contributed by atoms with Gasteiger partial charge >= 0.3 is 0 Å². The van der Waals surface area contributed by atoms with E-state index in [-0.39, 0.29) is 23.7 Å². The molecule has 1 aliphatic rings. The van der Waals surface area contributed by atoms with Gasteiger partial charge in [0.1, 0.15) is 5.82 Å². The van der Waals surface area contributed by atoms with E-state index in [0.717, 1.165) is 18.5 Å². The highest BCUT2D eigenvalue weighted by molar-refractivity contribution is 5.90. The number of hydrogen-bond acceptors (Lipinski definition) is 4. The van der Waals surface area contributed by atoms with Crippen LogP contribution in [0.1, 0.15) is 38.5 Å². The Kier molecular flexibility index (Phi) is 5.37. The smallest absolute Gasteiger partial charge is 0.226 e. The molecule has 0 atom stereocenters. The van der Waals surface area contributed by atoms with Gasteiger partial charge in [0.05, 0.1) is 6.20 Å². The van der Waals surface area contributed by atoms with Crippen LogP contribution >= 0.6 is 12.4 Å². The number of nitrogens with two attached hydrogens (primary N) is 1. The summed E-state index contributed by atoms with van der Waals surface area (Å²) in [6, 6.07) is 3.56. The third-order valence-corrected chi connectivity index (χ3v) is 4.44. The molecule has 7 heteroatoms. The summed E-state index contributed by atoms with van der Waals surface area (Å²) in [6.45, 7) is 0.577. The average Bonchev–Trinajstić information content (AvgIpc) is 2.98. The van der Waals surface area contributed by atoms with Gasteiger partial charge in [0.25, 0.3) is 0 Å². The van der Waals surface area contributed by atoms with Gasteiger partial charge in [-0.15, -0.1) is 12.4 Å². The van der Waals surface area contributed by atoms with Crippen LogP contribution in [0.5, 0.6) is 0 Å². The number of amides is 1. The molecule has 1 amide bonds. The molecule has 0 aromatic carbocycles. The molecule has 1 aliphatic carbocycles. The fourth-order valence-electron chi connectivity index (χ4n) is 3.21. The van der Waals surface area contributed by atoms with E-state index in [0.29, 0.717) is 18.8 Å². The molecule has 0 bridgehead atoms. The number of anilines is 1. The first-order chi connectivity index (χ1) is 10.2. The number of aromatic nitrogens is 3. The number of nitrogens with one attached hydrogen (secondary N) is 1. The lowest BCUT2D eigenvalue weighted by Gasteiger charge is -2.35. The van der Waals surface area contributed by atoms with Crippen molar-refractivity contribution >= 4 is 29.8 Å². The minimum atomic E-state index is -0.0292. The summed E-state index contributed by atoms with van der Waals surface area (Å²) in [5.74, 6) is 0.656. The molecule has 0 radical (unpaired) electrons. The molecule has 0 aliphatic heterocycles. The number of hydrogen-bond donors (Lipinski definition) is 2. The number of fused-ring (bicyclic) bond motifs is 1. The standard InChI is InChI=1S/C15H21N5O.ClH/c16-11-15(6-2-1-3-7-15)10-14(21)19-13-4-8-17-12-5-9-18-20(12)13;/h4-5,8-9H,1-3,6-7,10-11,16H2,(H,19,21);1H. The van der Waals surface area contributed by atoms with E-state index in [9.17, 15) is 4.79 Å². The van der Waals surface area contributed by atoms with Gasteiger partial charge in [-0.1, -0.05) is 19.3 Å². The molecule has 0 unspecified atom stereocenters. The van der Waals surface area contributed by atoms with Gasteiger partial charge in [0.2, 0.25) is 5.91 Å². The largest absolute Gasteiger partial charge is 0.330 e. The van der Waals surface area contributed by atoms with Crippen LogP contribution in [0.2, 0.25) is 0 Å². The van der Waals surface area contributed by atoms with Crippen molar-refractivity contribution in [1.82, 2.24) is 14.6 Å². The van der Waals surface area contributed by atoms with Gasteiger partial charge in [0, 0.05) is 18.7 Å². The predicted molar refractivity (Wildman–Crippen MR) is 88.1 cm³/mol. The molecule has 0 spiro atoms. The Balaban J connectivity index is 0.00000176. The third kappa shape index (κ3) is 3.39. The minimum absolute atomic E-state index is 0. The number of rotatable bonds is 4. The zero-order valence-corrected chi connectivity index (χ0v) is 13.3. The average molecular weight is 324 g/mol. The fourth-order valence-corrected chi connectivity index (χ4v) is 3.21. The Morgan fingerprint density at radius 2 is 2.05 bits per heavy atom. The monoisotopic (exact) mass is 323 g/mol. The molecule has 6 nitrogen and oxygen atoms in total. The van der Waals surface area contributed by atoms with Crippen molar-refractivity contribution in [3.8, 4) is 0 Å². The Labute approximate surface area is 135 Å². The highest BCUT2D eigenvalue weighted by Crippen LogP contribution is 2.38. The van der Waals surface area contributed by atoms with E-state index >= 15 is 0 Å². The number of nitrogens with zero attached hydrogens (tertiary/aromatic N) is 3. The fraction of sp³-hybridized carbons (Fsp3) is 0.533. The summed E-state index contributed by atoms with van der Waals surface area (Å²) in [5.41, 5.74) is 6.64. The van der Waals surface area contributed by atoms with Crippen LogP contribution in [-0.4, -0.2) is 27.0 Å². The number of halogens is 1. The molecule has 22 heavy (non-hydrogen) atoms. The predicted octanol–water partition coefficient (Wildman–Crippen LogP) is 2.39. The second-order valence-corrected chi connectivity index (χ2v) is 5.92. The molecular formula is C15H22ClN5O. The molecule has 3 N–H and O–H groups in total. The van der Waals surface area contributed by atoms with Crippen molar-refractivity contribution in [3.05, 3.63) is 24.5 Å². The van der Waals surface area contributed by atoms with Crippen molar-refractivity contribution in [2.24, 2.45) is 11.1 Å². The molecule has 2 heterocycles. The summed E-state index contributed by atoms with van der Waals surface area (Å²) in [6.07, 6.45) is 9.50. The first kappa shape index (κ1) is 16.7. The Hall–Kier alpha value is -1.66. The van der Waals surface area contributed by atoms with Crippen molar-refractivity contribution in [1.29, 1.82) is 0 Å². The number of carbonyl (C=O) groups is 1. The van der Waals surface area contributed by atoms with Crippen LogP contribution in [-0.2, 0) is 4.79 Å². The van der Waals surface area contributed by atoms with E-state index in [1.807, 2.05) is 0 Å². The van der Waals surface area contributed by atoms with Crippen LogP contribution in [0.25, 0.3) is 5.65 Å². The van der Waals surface area contributed by atoms with E-state index in [4.69, 9.17) is 5.73 Å². The van der Waals surface area contributed by atoms with Gasteiger partial charge in [-0.2, -0.15) is 9.61 Å². The molecule has 1 saturated carbocycles. The molecule has 1 fully saturated rings. The number of carbonyl (C=O) groups excluding carboxylic acids is 1. The van der Waals surface area contributed by atoms with Gasteiger partial charge in [-0.05, 0) is 30.9 Å². The summed E-state index contributed by atoms with van der Waals surface area (Å²) < 4.78 is 1.63.